The lowest BCUT2D eigenvalue weighted by atomic mass is 10.1. The highest BCUT2D eigenvalue weighted by atomic mass is 32.1. The summed E-state index contributed by atoms with van der Waals surface area (Å²) in [4.78, 5) is 16.8. The van der Waals surface area contributed by atoms with Gasteiger partial charge >= 0.3 is 0 Å². The largest absolute Gasteiger partial charge is 0.329 e. The Labute approximate surface area is 169 Å². The molecular weight excluding hydrogens is 392 g/mol. The van der Waals surface area contributed by atoms with E-state index in [-0.39, 0.29) is 11.4 Å². The van der Waals surface area contributed by atoms with Gasteiger partial charge in [-0.05, 0) is 42.5 Å². The lowest BCUT2D eigenvalue weighted by molar-refractivity contribution is 0.102. The first-order valence-electron chi connectivity index (χ1n) is 8.73. The third-order valence-corrected chi connectivity index (χ3v) is 4.88. The molecule has 3 aromatic carbocycles. The van der Waals surface area contributed by atoms with Crippen molar-refractivity contribution in [2.24, 2.45) is 0 Å². The van der Waals surface area contributed by atoms with Gasteiger partial charge in [0.25, 0.3) is 5.91 Å². The van der Waals surface area contributed by atoms with Crippen LogP contribution < -0.4 is 10.6 Å². The van der Waals surface area contributed by atoms with Crippen molar-refractivity contribution in [1.29, 1.82) is 0 Å². The van der Waals surface area contributed by atoms with Crippen molar-refractivity contribution in [2.45, 2.75) is 0 Å². The summed E-state index contributed by atoms with van der Waals surface area (Å²) in [5, 5.41) is 8.12. The van der Waals surface area contributed by atoms with Gasteiger partial charge in [-0.2, -0.15) is 0 Å². The Balaban J connectivity index is 1.51. The fraction of sp³-hybridized carbons (Fsp3) is 0. The number of thiazole rings is 1. The van der Waals surface area contributed by atoms with Gasteiger partial charge in [-0.1, -0.05) is 30.3 Å². The fourth-order valence-electron chi connectivity index (χ4n) is 2.73. The second kappa shape index (κ2) is 8.20. The molecule has 1 amide bonds. The van der Waals surface area contributed by atoms with Crippen LogP contribution in [0.15, 0.2) is 78.2 Å². The van der Waals surface area contributed by atoms with Crippen molar-refractivity contribution in [3.63, 3.8) is 0 Å². The van der Waals surface area contributed by atoms with Gasteiger partial charge in [-0.3, -0.25) is 4.79 Å². The molecule has 0 saturated carbocycles. The first-order chi connectivity index (χ1) is 14.1. The van der Waals surface area contributed by atoms with Crippen LogP contribution in [-0.4, -0.2) is 10.9 Å². The molecular formula is C22H15F2N3OS. The molecule has 0 aliphatic rings. The van der Waals surface area contributed by atoms with Crippen molar-refractivity contribution < 1.29 is 13.6 Å². The normalized spacial score (nSPS) is 10.6. The lowest BCUT2D eigenvalue weighted by Gasteiger charge is -2.07. The second-order valence-electron chi connectivity index (χ2n) is 6.19. The van der Waals surface area contributed by atoms with Crippen molar-refractivity contribution in [3.8, 4) is 11.3 Å². The minimum Gasteiger partial charge on any atom is -0.329 e. The SMILES string of the molecule is O=C(Nc1cccc(-c2csc(Nc3ccccc3F)n2)c1)c1cccc(F)c1. The highest BCUT2D eigenvalue weighted by Crippen LogP contribution is 2.29. The molecule has 0 fully saturated rings. The van der Waals surface area contributed by atoms with Crippen molar-refractivity contribution >= 4 is 33.8 Å². The van der Waals surface area contributed by atoms with Gasteiger partial charge in [0.15, 0.2) is 5.13 Å². The van der Waals surface area contributed by atoms with Gasteiger partial charge in [0, 0.05) is 22.2 Å². The molecule has 0 bridgehead atoms. The number of halogens is 2. The predicted molar refractivity (Wildman–Crippen MR) is 112 cm³/mol. The van der Waals surface area contributed by atoms with Crippen molar-refractivity contribution in [2.75, 3.05) is 10.6 Å². The molecule has 29 heavy (non-hydrogen) atoms. The van der Waals surface area contributed by atoms with Crippen LogP contribution in [0.25, 0.3) is 11.3 Å². The molecule has 4 aromatic rings. The maximum atomic E-state index is 13.8. The number of nitrogens with zero attached hydrogens (tertiary/aromatic N) is 1. The molecule has 1 aromatic heterocycles. The fourth-order valence-corrected chi connectivity index (χ4v) is 3.46. The number of hydrogen-bond acceptors (Lipinski definition) is 4. The number of aromatic nitrogens is 1. The zero-order valence-electron chi connectivity index (χ0n) is 15.0. The summed E-state index contributed by atoms with van der Waals surface area (Å²) in [6.07, 6.45) is 0. The number of para-hydroxylation sites is 1. The Kier molecular flexibility index (Phi) is 5.31. The van der Waals surface area contributed by atoms with Crippen molar-refractivity contribution in [3.05, 3.63) is 95.4 Å². The van der Waals surface area contributed by atoms with Crippen LogP contribution in [0.2, 0.25) is 0 Å². The van der Waals surface area contributed by atoms with E-state index in [9.17, 15) is 13.6 Å². The van der Waals surface area contributed by atoms with E-state index in [1.54, 1.807) is 42.5 Å². The van der Waals surface area contributed by atoms with Crippen LogP contribution in [0.1, 0.15) is 10.4 Å². The van der Waals surface area contributed by atoms with E-state index in [2.05, 4.69) is 15.6 Å². The zero-order chi connectivity index (χ0) is 20.2. The Hall–Kier alpha value is -3.58. The smallest absolute Gasteiger partial charge is 0.255 e. The monoisotopic (exact) mass is 407 g/mol. The first-order valence-corrected chi connectivity index (χ1v) is 9.61. The molecule has 7 heteroatoms. The maximum Gasteiger partial charge on any atom is 0.255 e. The minimum absolute atomic E-state index is 0.237. The number of hydrogen-bond donors (Lipinski definition) is 2. The number of anilines is 3. The summed E-state index contributed by atoms with van der Waals surface area (Å²) in [5.41, 5.74) is 2.63. The predicted octanol–water partition coefficient (Wildman–Crippen LogP) is 6.08. The lowest BCUT2D eigenvalue weighted by Crippen LogP contribution is -2.12. The third kappa shape index (κ3) is 4.47. The molecule has 0 saturated heterocycles. The highest BCUT2D eigenvalue weighted by molar-refractivity contribution is 7.14. The number of carbonyl (C=O) groups excluding carboxylic acids is 1. The summed E-state index contributed by atoms with van der Waals surface area (Å²) in [6, 6.07) is 19.0. The number of nitrogens with one attached hydrogen (secondary N) is 2. The van der Waals surface area contributed by atoms with Crippen LogP contribution in [0, 0.1) is 11.6 Å². The van der Waals surface area contributed by atoms with E-state index in [0.717, 1.165) is 5.56 Å². The standard InChI is InChI=1S/C22H15F2N3OS/c23-16-7-3-6-15(11-16)21(28)25-17-8-4-5-14(12-17)20-13-29-22(27-20)26-19-10-2-1-9-18(19)24/h1-13H,(H,25,28)(H,26,27). The number of carbonyl (C=O) groups is 1. The molecule has 144 valence electrons. The molecule has 0 spiro atoms. The van der Waals surface area contributed by atoms with E-state index < -0.39 is 11.7 Å². The molecule has 0 aliphatic carbocycles. The number of rotatable bonds is 5. The maximum absolute atomic E-state index is 13.8. The topological polar surface area (TPSA) is 54.0 Å². The van der Waals surface area contributed by atoms with Crippen LogP contribution in [0.4, 0.5) is 25.3 Å². The first kappa shape index (κ1) is 18.8. The summed E-state index contributed by atoms with van der Waals surface area (Å²) in [7, 11) is 0. The van der Waals surface area contributed by atoms with Gasteiger partial charge in [0.2, 0.25) is 0 Å². The Morgan fingerprint density at radius 1 is 0.931 bits per heavy atom. The molecule has 4 rings (SSSR count). The molecule has 0 atom stereocenters. The Morgan fingerprint density at radius 2 is 1.76 bits per heavy atom. The summed E-state index contributed by atoms with van der Waals surface area (Å²) >= 11 is 1.35. The summed E-state index contributed by atoms with van der Waals surface area (Å²) in [5.74, 6) is -1.23. The average molecular weight is 407 g/mol. The summed E-state index contributed by atoms with van der Waals surface area (Å²) < 4.78 is 27.1. The third-order valence-electron chi connectivity index (χ3n) is 4.12. The van der Waals surface area contributed by atoms with Gasteiger partial charge in [-0.15, -0.1) is 11.3 Å². The van der Waals surface area contributed by atoms with Gasteiger partial charge in [-0.25, -0.2) is 13.8 Å². The van der Waals surface area contributed by atoms with E-state index in [1.165, 1.54) is 35.6 Å². The van der Waals surface area contributed by atoms with Crippen LogP contribution in [0.3, 0.4) is 0 Å². The van der Waals surface area contributed by atoms with Crippen LogP contribution in [0.5, 0.6) is 0 Å². The quantitative estimate of drug-likeness (QED) is 0.421. The van der Waals surface area contributed by atoms with E-state index in [4.69, 9.17) is 0 Å². The highest BCUT2D eigenvalue weighted by Gasteiger charge is 2.10. The van der Waals surface area contributed by atoms with E-state index in [0.29, 0.717) is 22.2 Å². The number of benzene rings is 3. The molecule has 2 N–H and O–H groups in total. The molecule has 0 aliphatic heterocycles. The van der Waals surface area contributed by atoms with Crippen LogP contribution >= 0.6 is 11.3 Å². The van der Waals surface area contributed by atoms with Gasteiger partial charge < -0.3 is 10.6 Å². The zero-order valence-corrected chi connectivity index (χ0v) is 15.8. The van der Waals surface area contributed by atoms with Gasteiger partial charge in [0.1, 0.15) is 11.6 Å². The summed E-state index contributed by atoms with van der Waals surface area (Å²) in [6.45, 7) is 0. The molecule has 1 heterocycles. The van der Waals surface area contributed by atoms with E-state index in [1.807, 2.05) is 11.4 Å². The molecule has 4 nitrogen and oxygen atoms in total. The van der Waals surface area contributed by atoms with E-state index >= 15 is 0 Å². The minimum atomic E-state index is -0.469. The van der Waals surface area contributed by atoms with Gasteiger partial charge in [0.05, 0.1) is 11.4 Å². The average Bonchev–Trinajstić information content (AvgIpc) is 3.19. The van der Waals surface area contributed by atoms with Crippen molar-refractivity contribution in [1.82, 2.24) is 4.98 Å². The second-order valence-corrected chi connectivity index (χ2v) is 7.05. The number of amides is 1. The van der Waals surface area contributed by atoms with Crippen LogP contribution in [-0.2, 0) is 0 Å². The molecule has 0 unspecified atom stereocenters. The molecule has 0 radical (unpaired) electrons. The Bertz CT molecular complexity index is 1180. The Morgan fingerprint density at radius 3 is 2.59 bits per heavy atom.